The quantitative estimate of drug-likeness (QED) is 0.768. The molecule has 68 valence electrons. The van der Waals surface area contributed by atoms with Gasteiger partial charge in [0.2, 0.25) is 0 Å². The van der Waals surface area contributed by atoms with E-state index in [0.717, 1.165) is 11.1 Å². The highest BCUT2D eigenvalue weighted by Crippen LogP contribution is 2.16. The van der Waals surface area contributed by atoms with Crippen molar-refractivity contribution in [3.63, 3.8) is 0 Å². The molecular weight excluding hydrogens is 164 g/mol. The molecule has 0 unspecified atom stereocenters. The Hall–Kier alpha value is -1.57. The average Bonchev–Trinajstić information content (AvgIpc) is 2.04. The first-order valence-corrected chi connectivity index (χ1v) is 4.06. The Kier molecular flexibility index (Phi) is 2.85. The van der Waals surface area contributed by atoms with Crippen LogP contribution in [0.3, 0.4) is 0 Å². The van der Waals surface area contributed by atoms with Crippen molar-refractivity contribution in [2.24, 2.45) is 0 Å². The van der Waals surface area contributed by atoms with Crippen molar-refractivity contribution in [1.29, 1.82) is 0 Å². The van der Waals surface area contributed by atoms with Gasteiger partial charge in [-0.3, -0.25) is 4.79 Å². The number of aryl methyl sites for hydroxylation is 1. The molecular formula is C11H12O2. The van der Waals surface area contributed by atoms with Gasteiger partial charge in [-0.05, 0) is 18.1 Å². The van der Waals surface area contributed by atoms with Crippen LogP contribution in [0.4, 0.5) is 0 Å². The van der Waals surface area contributed by atoms with E-state index in [1.165, 1.54) is 0 Å². The third-order valence-electron chi connectivity index (χ3n) is 1.82. The maximum Gasteiger partial charge on any atom is 0.307 e. The van der Waals surface area contributed by atoms with Gasteiger partial charge in [-0.25, -0.2) is 0 Å². The van der Waals surface area contributed by atoms with Crippen LogP contribution in [0.15, 0.2) is 30.8 Å². The minimum Gasteiger partial charge on any atom is -0.481 e. The van der Waals surface area contributed by atoms with Crippen molar-refractivity contribution < 1.29 is 9.90 Å². The van der Waals surface area contributed by atoms with Crippen LogP contribution in [-0.2, 0) is 4.79 Å². The third-order valence-corrected chi connectivity index (χ3v) is 1.82. The van der Waals surface area contributed by atoms with Gasteiger partial charge in [0.15, 0.2) is 0 Å². The summed E-state index contributed by atoms with van der Waals surface area (Å²) in [5.74, 6) is -0.842. The number of benzene rings is 1. The van der Waals surface area contributed by atoms with Crippen molar-refractivity contribution in [3.05, 3.63) is 42.0 Å². The molecule has 0 heterocycles. The Bertz CT molecular complexity index is 322. The number of hydrogen-bond acceptors (Lipinski definition) is 1. The third kappa shape index (κ3) is 2.75. The molecule has 0 atom stereocenters. The number of carbonyl (C=O) groups is 1. The lowest BCUT2D eigenvalue weighted by Gasteiger charge is -2.02. The molecule has 1 aromatic carbocycles. The van der Waals surface area contributed by atoms with Gasteiger partial charge in [-0.15, -0.1) is 0 Å². The maximum atomic E-state index is 10.4. The Morgan fingerprint density at radius 1 is 1.38 bits per heavy atom. The van der Waals surface area contributed by atoms with E-state index >= 15 is 0 Å². The van der Waals surface area contributed by atoms with Gasteiger partial charge in [0.1, 0.15) is 0 Å². The fraction of sp³-hybridized carbons (Fsp3) is 0.182. The Morgan fingerprint density at radius 3 is 2.38 bits per heavy atom. The molecule has 0 bridgehead atoms. The Morgan fingerprint density at radius 2 is 1.92 bits per heavy atom. The summed E-state index contributed by atoms with van der Waals surface area (Å²) < 4.78 is 0. The van der Waals surface area contributed by atoms with Gasteiger partial charge in [-0.2, -0.15) is 0 Å². The topological polar surface area (TPSA) is 37.3 Å². The SMILES string of the molecule is C=C(CC(=O)O)c1ccc(C)cc1. The molecule has 13 heavy (non-hydrogen) atoms. The number of carboxylic acid groups (broad SMARTS) is 1. The molecule has 0 aliphatic carbocycles. The lowest BCUT2D eigenvalue weighted by molar-refractivity contribution is -0.135. The standard InChI is InChI=1S/C11H12O2/c1-8-3-5-10(6-4-8)9(2)7-11(12)13/h3-6H,2,7H2,1H3,(H,12,13). The summed E-state index contributed by atoms with van der Waals surface area (Å²) in [6.45, 7) is 5.70. The second kappa shape index (κ2) is 3.90. The lowest BCUT2D eigenvalue weighted by atomic mass is 10.0. The van der Waals surface area contributed by atoms with Gasteiger partial charge < -0.3 is 5.11 Å². The first kappa shape index (κ1) is 9.52. The minimum absolute atomic E-state index is 0.00304. The predicted molar refractivity (Wildman–Crippen MR) is 52.5 cm³/mol. The number of carboxylic acids is 1. The van der Waals surface area contributed by atoms with Gasteiger partial charge in [0.05, 0.1) is 6.42 Å². The van der Waals surface area contributed by atoms with Crippen LogP contribution in [0, 0.1) is 6.92 Å². The zero-order chi connectivity index (χ0) is 9.84. The smallest absolute Gasteiger partial charge is 0.307 e. The highest BCUT2D eigenvalue weighted by atomic mass is 16.4. The van der Waals surface area contributed by atoms with Crippen LogP contribution in [0.2, 0.25) is 0 Å². The van der Waals surface area contributed by atoms with Crippen LogP contribution in [0.25, 0.3) is 5.57 Å². The highest BCUT2D eigenvalue weighted by Gasteiger charge is 2.03. The van der Waals surface area contributed by atoms with E-state index in [0.29, 0.717) is 5.57 Å². The monoisotopic (exact) mass is 176 g/mol. The van der Waals surface area contributed by atoms with Crippen molar-refractivity contribution in [2.75, 3.05) is 0 Å². The van der Waals surface area contributed by atoms with Gasteiger partial charge in [-0.1, -0.05) is 36.4 Å². The molecule has 1 N–H and O–H groups in total. The lowest BCUT2D eigenvalue weighted by Crippen LogP contribution is -1.95. The summed E-state index contributed by atoms with van der Waals surface area (Å²) in [6.07, 6.45) is 0.00304. The molecule has 2 nitrogen and oxygen atoms in total. The van der Waals surface area contributed by atoms with E-state index in [1.54, 1.807) is 0 Å². The normalized spacial score (nSPS) is 9.62. The molecule has 0 saturated heterocycles. The second-order valence-corrected chi connectivity index (χ2v) is 3.04. The van der Waals surface area contributed by atoms with E-state index in [-0.39, 0.29) is 6.42 Å². The molecule has 1 aromatic rings. The van der Waals surface area contributed by atoms with Gasteiger partial charge in [0, 0.05) is 0 Å². The van der Waals surface area contributed by atoms with E-state index in [1.807, 2.05) is 31.2 Å². The van der Waals surface area contributed by atoms with E-state index in [2.05, 4.69) is 6.58 Å². The molecule has 0 aliphatic rings. The van der Waals surface area contributed by atoms with E-state index < -0.39 is 5.97 Å². The summed E-state index contributed by atoms with van der Waals surface area (Å²) in [5.41, 5.74) is 2.70. The Labute approximate surface area is 77.5 Å². The molecule has 0 aliphatic heterocycles. The zero-order valence-corrected chi connectivity index (χ0v) is 7.58. The minimum atomic E-state index is -0.842. The molecule has 0 aromatic heterocycles. The largest absolute Gasteiger partial charge is 0.481 e. The van der Waals surface area contributed by atoms with Crippen LogP contribution in [0.1, 0.15) is 17.5 Å². The van der Waals surface area contributed by atoms with Gasteiger partial charge >= 0.3 is 5.97 Å². The molecule has 0 amide bonds. The zero-order valence-electron chi connectivity index (χ0n) is 7.58. The van der Waals surface area contributed by atoms with Crippen LogP contribution < -0.4 is 0 Å². The van der Waals surface area contributed by atoms with Gasteiger partial charge in [0.25, 0.3) is 0 Å². The highest BCUT2D eigenvalue weighted by molar-refractivity contribution is 5.82. The number of hydrogen-bond donors (Lipinski definition) is 1. The van der Waals surface area contributed by atoms with Crippen molar-refractivity contribution in [1.82, 2.24) is 0 Å². The van der Waals surface area contributed by atoms with Crippen molar-refractivity contribution in [3.8, 4) is 0 Å². The summed E-state index contributed by atoms with van der Waals surface area (Å²) in [5, 5.41) is 8.54. The number of aliphatic carboxylic acids is 1. The van der Waals surface area contributed by atoms with E-state index in [4.69, 9.17) is 5.11 Å². The van der Waals surface area contributed by atoms with Crippen LogP contribution in [-0.4, -0.2) is 11.1 Å². The van der Waals surface area contributed by atoms with Crippen molar-refractivity contribution in [2.45, 2.75) is 13.3 Å². The fourth-order valence-electron chi connectivity index (χ4n) is 1.07. The summed E-state index contributed by atoms with van der Waals surface area (Å²) >= 11 is 0. The number of rotatable bonds is 3. The average molecular weight is 176 g/mol. The van der Waals surface area contributed by atoms with Crippen LogP contribution in [0.5, 0.6) is 0 Å². The molecule has 0 saturated carbocycles. The summed E-state index contributed by atoms with van der Waals surface area (Å²) in [7, 11) is 0. The first-order chi connectivity index (χ1) is 6.09. The maximum absolute atomic E-state index is 10.4. The van der Waals surface area contributed by atoms with Crippen LogP contribution >= 0.6 is 0 Å². The fourth-order valence-corrected chi connectivity index (χ4v) is 1.07. The summed E-state index contributed by atoms with van der Waals surface area (Å²) in [6, 6.07) is 7.67. The molecule has 1 rings (SSSR count). The van der Waals surface area contributed by atoms with E-state index in [9.17, 15) is 4.79 Å². The second-order valence-electron chi connectivity index (χ2n) is 3.04. The van der Waals surface area contributed by atoms with Crippen molar-refractivity contribution >= 4 is 11.5 Å². The Balaban J connectivity index is 2.78. The molecule has 2 heteroatoms. The molecule has 0 spiro atoms. The molecule has 0 fully saturated rings. The summed E-state index contributed by atoms with van der Waals surface area (Å²) in [4.78, 5) is 10.4. The predicted octanol–water partition coefficient (Wildman–Crippen LogP) is 2.48. The first-order valence-electron chi connectivity index (χ1n) is 4.06. The molecule has 0 radical (unpaired) electrons.